The maximum absolute atomic E-state index is 15.4. The molecule has 0 bridgehead atoms. The van der Waals surface area contributed by atoms with Gasteiger partial charge >= 0.3 is 13.1 Å². The monoisotopic (exact) mass is 502 g/mol. The van der Waals surface area contributed by atoms with Crippen LogP contribution in [-0.4, -0.2) is 31.4 Å². The molecule has 0 radical (unpaired) electrons. The van der Waals surface area contributed by atoms with E-state index in [0.29, 0.717) is 21.6 Å². The lowest BCUT2D eigenvalue weighted by atomic mass is 9.75. The Morgan fingerprint density at radius 1 is 0.833 bits per heavy atom. The number of methoxy groups -OCH3 is 1. The first kappa shape index (κ1) is 26.2. The first-order valence-electron chi connectivity index (χ1n) is 11.9. The zero-order valence-corrected chi connectivity index (χ0v) is 22.3. The van der Waals surface area contributed by atoms with E-state index in [1.54, 1.807) is 12.1 Å². The topological polar surface area (TPSA) is 61.8 Å². The van der Waals surface area contributed by atoms with E-state index in [2.05, 4.69) is 6.58 Å². The molecule has 1 heterocycles. The minimum absolute atomic E-state index is 0.412. The molecule has 0 N–H and O–H groups in total. The van der Waals surface area contributed by atoms with E-state index >= 15 is 4.57 Å². The Balaban J connectivity index is 1.92. The standard InChI is InChI=1S/C29H32BO5P/c1-21(30-34-28(2,3)29(4,5)35-30)26(22-17-19-23(20-18-22)27(31)33-6)36(32,24-13-9-7-10-14-24)25-15-11-8-12-16-25/h7-20,26H,1H2,2-6H3. The first-order chi connectivity index (χ1) is 17.0. The largest absolute Gasteiger partial charge is 0.491 e. The summed E-state index contributed by atoms with van der Waals surface area (Å²) in [6, 6.07) is 25.9. The maximum Gasteiger partial charge on any atom is 0.491 e. The molecule has 0 spiro atoms. The van der Waals surface area contributed by atoms with Gasteiger partial charge in [-0.1, -0.05) is 72.8 Å². The summed E-state index contributed by atoms with van der Waals surface area (Å²) >= 11 is 0. The molecule has 0 aliphatic carbocycles. The third-order valence-corrected chi connectivity index (χ3v) is 10.7. The van der Waals surface area contributed by atoms with Crippen molar-refractivity contribution in [2.45, 2.75) is 44.6 Å². The zero-order chi connectivity index (χ0) is 26.1. The van der Waals surface area contributed by atoms with Crippen LogP contribution in [0.2, 0.25) is 0 Å². The number of hydrogen-bond donors (Lipinski definition) is 0. The smallest absolute Gasteiger partial charge is 0.465 e. The molecule has 0 amide bonds. The average molecular weight is 502 g/mol. The number of carbonyl (C=O) groups excluding carboxylic acids is 1. The number of ether oxygens (including phenoxy) is 1. The van der Waals surface area contributed by atoms with Gasteiger partial charge < -0.3 is 18.6 Å². The van der Waals surface area contributed by atoms with Gasteiger partial charge in [-0.3, -0.25) is 0 Å². The van der Waals surface area contributed by atoms with Crippen molar-refractivity contribution in [2.75, 3.05) is 7.11 Å². The van der Waals surface area contributed by atoms with E-state index in [1.807, 2.05) is 100 Å². The summed E-state index contributed by atoms with van der Waals surface area (Å²) in [5.74, 6) is -0.433. The van der Waals surface area contributed by atoms with E-state index in [-0.39, 0.29) is 0 Å². The van der Waals surface area contributed by atoms with E-state index in [9.17, 15) is 4.79 Å². The van der Waals surface area contributed by atoms with Crippen molar-refractivity contribution >= 4 is 30.8 Å². The number of carbonyl (C=O) groups is 1. The van der Waals surface area contributed by atoms with Crippen LogP contribution in [-0.2, 0) is 18.6 Å². The van der Waals surface area contributed by atoms with Crippen molar-refractivity contribution < 1.29 is 23.4 Å². The molecule has 0 aromatic heterocycles. The van der Waals surface area contributed by atoms with Gasteiger partial charge in [0, 0.05) is 10.6 Å². The lowest BCUT2D eigenvalue weighted by Gasteiger charge is -2.32. The average Bonchev–Trinajstić information content (AvgIpc) is 3.11. The van der Waals surface area contributed by atoms with Gasteiger partial charge in [-0.2, -0.15) is 0 Å². The highest BCUT2D eigenvalue weighted by Crippen LogP contribution is 2.61. The fourth-order valence-corrected chi connectivity index (χ4v) is 7.75. The molecule has 3 aromatic carbocycles. The van der Waals surface area contributed by atoms with Gasteiger partial charge in [0.25, 0.3) is 0 Å². The molecule has 3 aromatic rings. The number of esters is 1. The summed E-state index contributed by atoms with van der Waals surface area (Å²) in [4.78, 5) is 12.1. The molecule has 5 nitrogen and oxygen atoms in total. The van der Waals surface area contributed by atoms with Gasteiger partial charge in [-0.15, -0.1) is 6.58 Å². The minimum atomic E-state index is -3.37. The Morgan fingerprint density at radius 3 is 1.69 bits per heavy atom. The van der Waals surface area contributed by atoms with Gasteiger partial charge in [-0.05, 0) is 50.9 Å². The van der Waals surface area contributed by atoms with Crippen LogP contribution in [0.15, 0.2) is 97.0 Å². The van der Waals surface area contributed by atoms with Crippen molar-refractivity contribution in [3.63, 3.8) is 0 Å². The van der Waals surface area contributed by atoms with E-state index in [4.69, 9.17) is 14.0 Å². The molecule has 7 heteroatoms. The van der Waals surface area contributed by atoms with Crippen LogP contribution in [0.25, 0.3) is 0 Å². The molecule has 1 aliphatic heterocycles. The SMILES string of the molecule is C=C(B1OC(C)(C)C(C)(C)O1)C(c1ccc(C(=O)OC)cc1)P(=O)(c1ccccc1)c1ccccc1. The third-order valence-electron chi connectivity index (χ3n) is 7.20. The summed E-state index contributed by atoms with van der Waals surface area (Å²) < 4.78 is 33.0. The van der Waals surface area contributed by atoms with Crippen LogP contribution in [0.5, 0.6) is 0 Å². The Hall–Kier alpha value is -2.92. The second kappa shape index (κ2) is 9.86. The summed E-state index contributed by atoms with van der Waals surface area (Å²) in [7, 11) is -2.79. The van der Waals surface area contributed by atoms with Crippen LogP contribution in [0.3, 0.4) is 0 Å². The number of hydrogen-bond acceptors (Lipinski definition) is 5. The Kier molecular flexibility index (Phi) is 7.16. The van der Waals surface area contributed by atoms with Crippen LogP contribution in [0.1, 0.15) is 49.3 Å². The summed E-state index contributed by atoms with van der Waals surface area (Å²) in [5, 5.41) is 1.41. The van der Waals surface area contributed by atoms with E-state index in [1.165, 1.54) is 7.11 Å². The zero-order valence-electron chi connectivity index (χ0n) is 21.4. The molecule has 1 fully saturated rings. The van der Waals surface area contributed by atoms with Crippen molar-refractivity contribution in [3.8, 4) is 0 Å². The molecular weight excluding hydrogens is 470 g/mol. The highest BCUT2D eigenvalue weighted by atomic mass is 31.2. The molecular formula is C29H32BO5P. The van der Waals surface area contributed by atoms with Crippen LogP contribution >= 0.6 is 7.14 Å². The number of rotatable bonds is 7. The van der Waals surface area contributed by atoms with Gasteiger partial charge in [0.2, 0.25) is 0 Å². The predicted molar refractivity (Wildman–Crippen MR) is 146 cm³/mol. The molecule has 4 rings (SSSR count). The predicted octanol–water partition coefficient (Wildman–Crippen LogP) is 5.72. The number of benzene rings is 3. The Labute approximate surface area is 214 Å². The van der Waals surface area contributed by atoms with Crippen molar-refractivity contribution in [2.24, 2.45) is 0 Å². The Bertz CT molecular complexity index is 1230. The summed E-state index contributed by atoms with van der Waals surface area (Å²) in [6.07, 6.45) is 0. The van der Waals surface area contributed by atoms with Crippen LogP contribution in [0, 0.1) is 0 Å². The second-order valence-corrected chi connectivity index (χ2v) is 12.9. The van der Waals surface area contributed by atoms with Gasteiger partial charge in [-0.25, -0.2) is 4.79 Å². The maximum atomic E-state index is 15.4. The number of allylic oxidation sites excluding steroid dienone is 1. The molecule has 1 unspecified atom stereocenters. The van der Waals surface area contributed by atoms with Gasteiger partial charge in [0.15, 0.2) is 7.14 Å². The first-order valence-corrected chi connectivity index (χ1v) is 13.7. The lowest BCUT2D eigenvalue weighted by molar-refractivity contribution is 0.00578. The van der Waals surface area contributed by atoms with Gasteiger partial charge in [0.1, 0.15) is 0 Å². The fraction of sp³-hybridized carbons (Fsp3) is 0.276. The molecule has 1 aliphatic rings. The fourth-order valence-electron chi connectivity index (χ4n) is 4.45. The van der Waals surface area contributed by atoms with Crippen molar-refractivity contribution in [1.29, 1.82) is 0 Å². The molecule has 0 saturated carbocycles. The van der Waals surface area contributed by atoms with Gasteiger partial charge in [0.05, 0.1) is 29.5 Å². The minimum Gasteiger partial charge on any atom is -0.465 e. The second-order valence-electron chi connectivity index (χ2n) is 10.0. The van der Waals surface area contributed by atoms with Crippen molar-refractivity contribution in [3.05, 3.63) is 108 Å². The highest BCUT2D eigenvalue weighted by molar-refractivity contribution is 7.79. The Morgan fingerprint density at radius 2 is 1.28 bits per heavy atom. The quantitative estimate of drug-likeness (QED) is 0.235. The molecule has 186 valence electrons. The summed E-state index contributed by atoms with van der Waals surface area (Å²) in [5.41, 5.74) is -0.0969. The van der Waals surface area contributed by atoms with Crippen molar-refractivity contribution in [1.82, 2.24) is 0 Å². The van der Waals surface area contributed by atoms with E-state index in [0.717, 1.165) is 5.56 Å². The molecule has 1 atom stereocenters. The molecule has 36 heavy (non-hydrogen) atoms. The lowest BCUT2D eigenvalue weighted by Crippen LogP contribution is -2.41. The summed E-state index contributed by atoms with van der Waals surface area (Å²) in [6.45, 7) is 12.3. The normalized spacial score (nSPS) is 17.4. The van der Waals surface area contributed by atoms with E-state index < -0.39 is 37.1 Å². The molecule has 1 saturated heterocycles. The van der Waals surface area contributed by atoms with Crippen LogP contribution < -0.4 is 10.6 Å². The highest BCUT2D eigenvalue weighted by Gasteiger charge is 2.55. The van der Waals surface area contributed by atoms with Crippen LogP contribution in [0.4, 0.5) is 0 Å². The third kappa shape index (κ3) is 4.61.